The summed E-state index contributed by atoms with van der Waals surface area (Å²) in [6.45, 7) is 5.85. The number of anilines is 1. The van der Waals surface area contributed by atoms with Crippen LogP contribution >= 0.6 is 0 Å². The molecule has 2 fully saturated rings. The van der Waals surface area contributed by atoms with Crippen LogP contribution in [0, 0.1) is 23.7 Å². The molecular weight excluding hydrogens is 627 g/mol. The molecule has 2 aromatic rings. The monoisotopic (exact) mass is 663 g/mol. The maximum atomic E-state index is 14.0. The summed E-state index contributed by atoms with van der Waals surface area (Å²) in [6, 6.07) is 7.57. The van der Waals surface area contributed by atoms with Gasteiger partial charge in [-0.3, -0.25) is 9.59 Å². The average Bonchev–Trinajstić information content (AvgIpc) is 3.23. The fourth-order valence-electron chi connectivity index (χ4n) is 7.33. The van der Waals surface area contributed by atoms with Crippen molar-refractivity contribution in [3.8, 4) is 5.75 Å². The molecule has 3 aliphatic rings. The van der Waals surface area contributed by atoms with Crippen LogP contribution in [-0.2, 0) is 26.6 Å². The number of aromatic hydroxyl groups is 1. The molecule has 2 N–H and O–H groups in total. The maximum absolute atomic E-state index is 14.0. The number of imide groups is 1. The Bertz CT molecular complexity index is 1570. The standard InChI is InChI=1S/C34H36BF6NO5/c1-4-6-19(11-20-7-5-8-24(43)12-20)9-10-28-29-25(18(2)3)16-26-30(27(29)17-35(46)47-28)32(45)42(31(26)44)23-14-21(33(36,37)38)13-22(15-23)34(39,40)41/h5,7-8,11-15,18,26-28,30,43,46H,4,6,9-10,16-17H2,1-3H3/b19-11+/t26-,27+,28-,30-/m1/s1. The minimum atomic E-state index is -5.15. The Balaban J connectivity index is 1.50. The molecule has 13 heteroatoms. The lowest BCUT2D eigenvalue weighted by Gasteiger charge is -2.44. The molecule has 1 aliphatic carbocycles. The smallest absolute Gasteiger partial charge is 0.455 e. The van der Waals surface area contributed by atoms with Crippen molar-refractivity contribution < 1.29 is 50.7 Å². The van der Waals surface area contributed by atoms with Gasteiger partial charge in [-0.15, -0.1) is 0 Å². The predicted molar refractivity (Wildman–Crippen MR) is 164 cm³/mol. The molecule has 2 heterocycles. The summed E-state index contributed by atoms with van der Waals surface area (Å²) in [6.07, 6.45) is -6.32. The molecular formula is C34H36BF6NO5. The van der Waals surface area contributed by atoms with Gasteiger partial charge in [0.05, 0.1) is 34.8 Å². The number of fused-ring (bicyclic) bond motifs is 3. The van der Waals surface area contributed by atoms with Crippen molar-refractivity contribution in [2.45, 2.75) is 77.7 Å². The molecule has 0 radical (unpaired) electrons. The minimum absolute atomic E-state index is 0.0424. The van der Waals surface area contributed by atoms with Crippen LogP contribution in [0.5, 0.6) is 5.75 Å². The first-order valence-electron chi connectivity index (χ1n) is 15.7. The number of carbonyl (C=O) groups excluding carboxylic acids is 2. The Labute approximate surface area is 269 Å². The first-order chi connectivity index (χ1) is 22.0. The predicted octanol–water partition coefficient (Wildman–Crippen LogP) is 8.05. The van der Waals surface area contributed by atoms with E-state index in [1.165, 1.54) is 0 Å². The largest absolute Gasteiger partial charge is 0.508 e. The molecule has 4 atom stereocenters. The van der Waals surface area contributed by atoms with Gasteiger partial charge in [-0.2, -0.15) is 26.3 Å². The zero-order valence-electron chi connectivity index (χ0n) is 26.2. The van der Waals surface area contributed by atoms with Crippen molar-refractivity contribution in [3.63, 3.8) is 0 Å². The van der Waals surface area contributed by atoms with Gasteiger partial charge in [0.1, 0.15) is 5.75 Å². The van der Waals surface area contributed by atoms with Crippen molar-refractivity contribution in [1.82, 2.24) is 0 Å². The number of phenolic OH excluding ortho intramolecular Hbond substituents is 1. The fraction of sp³-hybridized carbons (Fsp3) is 0.471. The molecule has 252 valence electrons. The van der Waals surface area contributed by atoms with Gasteiger partial charge in [0.2, 0.25) is 11.8 Å². The lowest BCUT2D eigenvalue weighted by atomic mass is 9.57. The summed E-state index contributed by atoms with van der Waals surface area (Å²) in [5.74, 6) is -4.52. The number of amides is 2. The highest BCUT2D eigenvalue weighted by atomic mass is 19.4. The van der Waals surface area contributed by atoms with Gasteiger partial charge in [0, 0.05) is 0 Å². The number of hydrogen-bond donors (Lipinski definition) is 2. The normalized spacial score (nSPS) is 23.9. The lowest BCUT2D eigenvalue weighted by Crippen LogP contribution is -2.46. The number of benzene rings is 2. The molecule has 0 saturated carbocycles. The van der Waals surface area contributed by atoms with E-state index in [1.54, 1.807) is 18.2 Å². The number of rotatable bonds is 8. The van der Waals surface area contributed by atoms with Crippen molar-refractivity contribution in [1.29, 1.82) is 0 Å². The van der Waals surface area contributed by atoms with Crippen molar-refractivity contribution in [2.24, 2.45) is 23.7 Å². The van der Waals surface area contributed by atoms with Crippen LogP contribution in [0.4, 0.5) is 32.0 Å². The Hall–Kier alpha value is -3.58. The van der Waals surface area contributed by atoms with Crippen LogP contribution in [0.15, 0.2) is 59.2 Å². The Morgan fingerprint density at radius 1 is 1.00 bits per heavy atom. The maximum Gasteiger partial charge on any atom is 0.455 e. The van der Waals surface area contributed by atoms with E-state index < -0.39 is 72.0 Å². The van der Waals surface area contributed by atoms with E-state index in [1.807, 2.05) is 32.9 Å². The summed E-state index contributed by atoms with van der Waals surface area (Å²) in [5.41, 5.74) is -0.535. The molecule has 47 heavy (non-hydrogen) atoms. The lowest BCUT2D eigenvalue weighted by molar-refractivity contribution is -0.143. The summed E-state index contributed by atoms with van der Waals surface area (Å²) in [7, 11) is -1.30. The van der Waals surface area contributed by atoms with Crippen molar-refractivity contribution in [3.05, 3.63) is 75.9 Å². The van der Waals surface area contributed by atoms with Gasteiger partial charge in [-0.05, 0) is 85.3 Å². The molecule has 2 amide bonds. The second-order valence-corrected chi connectivity index (χ2v) is 12.9. The molecule has 0 spiro atoms. The number of hydrogen-bond acceptors (Lipinski definition) is 5. The average molecular weight is 663 g/mol. The van der Waals surface area contributed by atoms with E-state index in [9.17, 15) is 46.1 Å². The highest BCUT2D eigenvalue weighted by molar-refractivity contribution is 6.43. The Morgan fingerprint density at radius 2 is 1.66 bits per heavy atom. The number of nitrogens with zero attached hydrogens (tertiary/aromatic N) is 1. The highest BCUT2D eigenvalue weighted by Gasteiger charge is 2.58. The quantitative estimate of drug-likeness (QED) is 0.129. The highest BCUT2D eigenvalue weighted by Crippen LogP contribution is 2.53. The molecule has 0 aromatic heterocycles. The SMILES string of the molecule is CCC/C(=C\c1cccc(O)c1)CC[C@H]1OB(O)C[C@H]2C1=C(C(C)C)C[C@H]1C(=O)N(c3cc(C(F)(F)F)cc(C(F)(F)F)c3)C(=O)[C@H]12. The van der Waals surface area contributed by atoms with E-state index in [-0.39, 0.29) is 30.5 Å². The van der Waals surface area contributed by atoms with E-state index in [0.29, 0.717) is 29.9 Å². The van der Waals surface area contributed by atoms with Crippen molar-refractivity contribution >= 4 is 30.7 Å². The summed E-state index contributed by atoms with van der Waals surface area (Å²) in [4.78, 5) is 28.2. The zero-order valence-corrected chi connectivity index (χ0v) is 26.2. The fourth-order valence-corrected chi connectivity index (χ4v) is 7.33. The summed E-state index contributed by atoms with van der Waals surface area (Å²) >= 11 is 0. The van der Waals surface area contributed by atoms with E-state index in [4.69, 9.17) is 4.65 Å². The molecule has 2 aliphatic heterocycles. The van der Waals surface area contributed by atoms with E-state index in [2.05, 4.69) is 0 Å². The first-order valence-corrected chi connectivity index (χ1v) is 15.7. The van der Waals surface area contributed by atoms with Crippen LogP contribution < -0.4 is 4.90 Å². The van der Waals surface area contributed by atoms with Crippen LogP contribution in [0.1, 0.15) is 69.6 Å². The molecule has 0 bridgehead atoms. The van der Waals surface area contributed by atoms with Gasteiger partial charge in [-0.25, -0.2) is 4.90 Å². The van der Waals surface area contributed by atoms with Crippen LogP contribution in [0.2, 0.25) is 6.32 Å². The number of alkyl halides is 6. The van der Waals surface area contributed by atoms with Crippen LogP contribution in [0.25, 0.3) is 6.08 Å². The zero-order chi connectivity index (χ0) is 34.4. The third-order valence-electron chi connectivity index (χ3n) is 9.31. The van der Waals surface area contributed by atoms with E-state index >= 15 is 0 Å². The summed E-state index contributed by atoms with van der Waals surface area (Å²) < 4.78 is 88.0. The molecule has 0 unspecified atom stereocenters. The number of allylic oxidation sites excluding steroid dienone is 2. The third kappa shape index (κ3) is 7.16. The van der Waals surface area contributed by atoms with Crippen LogP contribution in [-0.4, -0.2) is 35.2 Å². The molecule has 5 rings (SSSR count). The van der Waals surface area contributed by atoms with Gasteiger partial charge >= 0.3 is 19.5 Å². The first kappa shape index (κ1) is 34.8. The van der Waals surface area contributed by atoms with Crippen molar-refractivity contribution in [2.75, 3.05) is 4.90 Å². The second kappa shape index (κ2) is 13.1. The summed E-state index contributed by atoms with van der Waals surface area (Å²) in [5, 5.41) is 20.7. The second-order valence-electron chi connectivity index (χ2n) is 12.9. The third-order valence-corrected chi connectivity index (χ3v) is 9.31. The number of carbonyl (C=O) groups is 2. The van der Waals surface area contributed by atoms with E-state index in [0.717, 1.165) is 35.1 Å². The molecule has 6 nitrogen and oxygen atoms in total. The number of halogens is 6. The van der Waals surface area contributed by atoms with Gasteiger partial charge < -0.3 is 14.8 Å². The Morgan fingerprint density at radius 3 is 2.23 bits per heavy atom. The van der Waals surface area contributed by atoms with Gasteiger partial charge in [-0.1, -0.05) is 56.5 Å². The minimum Gasteiger partial charge on any atom is -0.508 e. The molecule has 2 aromatic carbocycles. The molecule has 2 saturated heterocycles. The van der Waals surface area contributed by atoms with Gasteiger partial charge in [0.25, 0.3) is 0 Å². The number of phenols is 1. The van der Waals surface area contributed by atoms with Crippen LogP contribution in [0.3, 0.4) is 0 Å². The van der Waals surface area contributed by atoms with Gasteiger partial charge in [0.15, 0.2) is 0 Å². The topological polar surface area (TPSA) is 87.1 Å². The Kier molecular flexibility index (Phi) is 9.72.